The number of hydrogen-bond donors (Lipinski definition) is 1. The van der Waals surface area contributed by atoms with Crippen molar-refractivity contribution in [3.05, 3.63) is 22.4 Å². The van der Waals surface area contributed by atoms with Gasteiger partial charge in [-0.3, -0.25) is 9.59 Å². The zero-order valence-corrected chi connectivity index (χ0v) is 8.56. The van der Waals surface area contributed by atoms with E-state index in [-0.39, 0.29) is 5.12 Å². The van der Waals surface area contributed by atoms with Gasteiger partial charge in [-0.25, -0.2) is 0 Å². The second-order valence-electron chi connectivity index (χ2n) is 2.38. The molecule has 0 aliphatic carbocycles. The lowest BCUT2D eigenvalue weighted by atomic mass is 10.5. The minimum absolute atomic E-state index is 0.0547. The van der Waals surface area contributed by atoms with Crippen LogP contribution in [-0.2, 0) is 4.79 Å². The first-order valence-electron chi connectivity index (χ1n) is 3.61. The second-order valence-corrected chi connectivity index (χ2v) is 4.32. The summed E-state index contributed by atoms with van der Waals surface area (Å²) in [5, 5.41) is 10.2. The van der Waals surface area contributed by atoms with Gasteiger partial charge >= 0.3 is 5.12 Å². The van der Waals surface area contributed by atoms with E-state index in [0.717, 1.165) is 0 Å². The lowest BCUT2D eigenvalue weighted by Gasteiger charge is -1.96. The molecule has 1 aromatic heterocycles. The Kier molecular flexibility index (Phi) is 3.65. The van der Waals surface area contributed by atoms with Crippen molar-refractivity contribution in [1.82, 2.24) is 0 Å². The van der Waals surface area contributed by atoms with Crippen LogP contribution in [0.2, 0.25) is 0 Å². The van der Waals surface area contributed by atoms with Crippen LogP contribution in [0, 0.1) is 0 Å². The normalized spacial score (nSPS) is 12.5. The predicted octanol–water partition coefficient (Wildman–Crippen LogP) is 1.24. The summed E-state index contributed by atoms with van der Waals surface area (Å²) in [5.41, 5.74) is 0. The smallest absolute Gasteiger partial charge is 0.385 e. The van der Waals surface area contributed by atoms with E-state index in [0.29, 0.717) is 16.6 Å². The van der Waals surface area contributed by atoms with Crippen LogP contribution in [0.3, 0.4) is 0 Å². The zero-order chi connectivity index (χ0) is 9.84. The third-order valence-corrected chi connectivity index (χ3v) is 3.23. The SMILES string of the molecule is CC(O)C(=O)SC(=[OH+])c1cccs1. The van der Waals surface area contributed by atoms with Crippen LogP contribution in [0.1, 0.15) is 11.8 Å². The number of carbonyl (C=O) groups is 1. The molecular formula is C8H9O3S2+. The molecular weight excluding hydrogens is 208 g/mol. The summed E-state index contributed by atoms with van der Waals surface area (Å²) in [4.78, 5) is 21.0. The van der Waals surface area contributed by atoms with E-state index in [9.17, 15) is 9.59 Å². The van der Waals surface area contributed by atoms with Gasteiger partial charge in [0.25, 0.3) is 0 Å². The Balaban J connectivity index is 2.57. The van der Waals surface area contributed by atoms with Gasteiger partial charge in [0, 0.05) is 0 Å². The van der Waals surface area contributed by atoms with Crippen molar-refractivity contribution in [2.75, 3.05) is 0 Å². The summed E-state index contributed by atoms with van der Waals surface area (Å²) < 4.78 is 0. The fourth-order valence-corrected chi connectivity index (χ4v) is 1.99. The fraction of sp³-hybridized carbons (Fsp3) is 0.250. The summed E-state index contributed by atoms with van der Waals surface area (Å²) >= 11 is 2.00. The quantitative estimate of drug-likeness (QED) is 0.758. The number of thiophene rings is 1. The molecule has 0 amide bonds. The summed E-state index contributed by atoms with van der Waals surface area (Å²) in [7, 11) is 0. The molecule has 3 nitrogen and oxygen atoms in total. The summed E-state index contributed by atoms with van der Waals surface area (Å²) in [6, 6.07) is 3.49. The largest absolute Gasteiger partial charge is 0.399 e. The second kappa shape index (κ2) is 4.55. The van der Waals surface area contributed by atoms with E-state index in [1.807, 2.05) is 0 Å². The maximum atomic E-state index is 11.0. The molecule has 2 N–H and O–H groups in total. The van der Waals surface area contributed by atoms with Crippen molar-refractivity contribution in [3.8, 4) is 0 Å². The Morgan fingerprint density at radius 1 is 1.77 bits per heavy atom. The van der Waals surface area contributed by atoms with Crippen molar-refractivity contribution in [1.29, 1.82) is 0 Å². The Hall–Kier alpha value is -0.650. The molecule has 0 aliphatic heterocycles. The number of carbonyl (C=O) groups excluding carboxylic acids is 2. The van der Waals surface area contributed by atoms with Gasteiger partial charge in [-0.1, -0.05) is 6.07 Å². The van der Waals surface area contributed by atoms with Gasteiger partial charge in [-0.15, -0.1) is 11.3 Å². The molecule has 1 aromatic rings. The Morgan fingerprint density at radius 2 is 2.46 bits per heavy atom. The molecule has 0 fully saturated rings. The Labute approximate surface area is 83.8 Å². The van der Waals surface area contributed by atoms with Gasteiger partial charge < -0.3 is 5.11 Å². The molecule has 1 unspecified atom stereocenters. The zero-order valence-electron chi connectivity index (χ0n) is 6.93. The minimum Gasteiger partial charge on any atom is -0.385 e. The number of rotatable bonds is 2. The molecule has 70 valence electrons. The van der Waals surface area contributed by atoms with E-state index < -0.39 is 11.2 Å². The molecule has 13 heavy (non-hydrogen) atoms. The van der Waals surface area contributed by atoms with Gasteiger partial charge in [0.15, 0.2) is 0 Å². The first-order valence-corrected chi connectivity index (χ1v) is 5.30. The molecule has 0 radical (unpaired) electrons. The van der Waals surface area contributed by atoms with Crippen LogP contribution < -0.4 is 0 Å². The highest BCUT2D eigenvalue weighted by molar-refractivity contribution is 8.26. The molecule has 0 bridgehead atoms. The molecule has 1 heterocycles. The van der Waals surface area contributed by atoms with Gasteiger partial charge in [0.05, 0.1) is 11.8 Å². The van der Waals surface area contributed by atoms with Crippen LogP contribution in [0.5, 0.6) is 0 Å². The molecule has 0 aliphatic rings. The van der Waals surface area contributed by atoms with Crippen molar-refractivity contribution >= 4 is 33.3 Å². The first kappa shape index (κ1) is 10.4. The van der Waals surface area contributed by atoms with Crippen LogP contribution in [0.15, 0.2) is 17.5 Å². The van der Waals surface area contributed by atoms with E-state index in [4.69, 9.17) is 5.11 Å². The Bertz CT molecular complexity index is 303. The number of hydrogen-bond acceptors (Lipinski definition) is 4. The first-order chi connectivity index (χ1) is 6.11. The van der Waals surface area contributed by atoms with E-state index >= 15 is 0 Å². The number of thioether (sulfide) groups is 1. The summed E-state index contributed by atoms with van der Waals surface area (Å²) in [6.45, 7) is 1.37. The number of aliphatic hydroxyl groups is 1. The summed E-state index contributed by atoms with van der Waals surface area (Å²) in [5.74, 6) is 0. The standard InChI is InChI=1S/C8H8O3S2/c1-5(9)7(10)13-8(11)6-3-2-4-12-6/h2-5,9H,1H3/p+1. The van der Waals surface area contributed by atoms with Crippen LogP contribution >= 0.6 is 23.1 Å². The Morgan fingerprint density at radius 3 is 2.92 bits per heavy atom. The molecule has 0 saturated heterocycles. The average Bonchev–Trinajstić information content (AvgIpc) is 2.55. The lowest BCUT2D eigenvalue weighted by Crippen LogP contribution is -2.14. The highest BCUT2D eigenvalue weighted by Crippen LogP contribution is 2.18. The van der Waals surface area contributed by atoms with Gasteiger partial charge in [-0.05, 0) is 18.4 Å². The third kappa shape index (κ3) is 2.95. The monoisotopic (exact) mass is 217 g/mol. The van der Waals surface area contributed by atoms with Gasteiger partial charge in [0.2, 0.25) is 5.12 Å². The lowest BCUT2D eigenvalue weighted by molar-refractivity contribution is -0.117. The van der Waals surface area contributed by atoms with Gasteiger partial charge in [-0.2, -0.15) is 0 Å². The fourth-order valence-electron chi connectivity index (χ4n) is 0.631. The number of aliphatic hydroxyl groups excluding tert-OH is 1. The van der Waals surface area contributed by atoms with Crippen LogP contribution in [-0.4, -0.2) is 26.2 Å². The maximum Gasteiger partial charge on any atom is 0.399 e. The van der Waals surface area contributed by atoms with E-state index in [2.05, 4.69) is 0 Å². The van der Waals surface area contributed by atoms with Crippen LogP contribution in [0.4, 0.5) is 0 Å². The molecule has 1 rings (SSSR count). The van der Waals surface area contributed by atoms with Crippen molar-refractivity contribution in [2.45, 2.75) is 13.0 Å². The molecule has 1 atom stereocenters. The highest BCUT2D eigenvalue weighted by atomic mass is 32.2. The topological polar surface area (TPSA) is 58.7 Å². The minimum atomic E-state index is -1.05. The van der Waals surface area contributed by atoms with Crippen LogP contribution in [0.25, 0.3) is 0 Å². The van der Waals surface area contributed by atoms with Crippen molar-refractivity contribution in [2.24, 2.45) is 0 Å². The third-order valence-electron chi connectivity index (χ3n) is 1.27. The van der Waals surface area contributed by atoms with Gasteiger partial charge in [0.1, 0.15) is 11.0 Å². The van der Waals surface area contributed by atoms with E-state index in [1.54, 1.807) is 17.5 Å². The van der Waals surface area contributed by atoms with Crippen molar-refractivity contribution < 1.29 is 14.7 Å². The average molecular weight is 217 g/mol. The van der Waals surface area contributed by atoms with Crippen molar-refractivity contribution in [3.63, 3.8) is 0 Å². The maximum absolute atomic E-state index is 11.0. The molecule has 0 aromatic carbocycles. The predicted molar refractivity (Wildman–Crippen MR) is 54.6 cm³/mol. The molecule has 0 saturated carbocycles. The molecule has 0 spiro atoms. The molecule has 5 heteroatoms. The van der Waals surface area contributed by atoms with E-state index in [1.165, 1.54) is 18.3 Å². The highest BCUT2D eigenvalue weighted by Gasteiger charge is 2.22. The summed E-state index contributed by atoms with van der Waals surface area (Å²) in [6.07, 6.45) is -1.05.